The molecule has 3 heterocycles. The molecule has 1 atom stereocenters. The van der Waals surface area contributed by atoms with E-state index < -0.39 is 0 Å². The molecule has 2 aromatic heterocycles. The number of furan rings is 1. The monoisotopic (exact) mass is 440 g/mol. The van der Waals surface area contributed by atoms with Gasteiger partial charge in [0.2, 0.25) is 18.5 Å². The van der Waals surface area contributed by atoms with Crippen molar-refractivity contribution in [3.8, 4) is 23.1 Å². The van der Waals surface area contributed by atoms with Crippen molar-refractivity contribution >= 4 is 23.4 Å². The number of hydrogen-bond acceptors (Lipinski definition) is 7. The molecule has 9 heteroatoms. The fourth-order valence-electron chi connectivity index (χ4n) is 4.03. The average Bonchev–Trinajstić information content (AvgIpc) is 3.54. The summed E-state index contributed by atoms with van der Waals surface area (Å²) >= 11 is 1.41. The van der Waals surface area contributed by atoms with Gasteiger partial charge in [-0.3, -0.25) is 9.36 Å². The van der Waals surface area contributed by atoms with Crippen molar-refractivity contribution in [2.45, 2.75) is 55.5 Å². The van der Waals surface area contributed by atoms with E-state index in [9.17, 15) is 4.79 Å². The van der Waals surface area contributed by atoms with Gasteiger partial charge in [-0.05, 0) is 44.0 Å². The largest absolute Gasteiger partial charge is 0.461 e. The highest BCUT2D eigenvalue weighted by Gasteiger charge is 2.27. The van der Waals surface area contributed by atoms with E-state index >= 15 is 0 Å². The second kappa shape index (κ2) is 8.66. The van der Waals surface area contributed by atoms with Crippen LogP contribution < -0.4 is 14.8 Å². The lowest BCUT2D eigenvalue weighted by Crippen LogP contribution is -2.23. The number of aromatic nitrogens is 3. The normalized spacial score (nSPS) is 16.9. The Hall–Kier alpha value is -2.94. The lowest BCUT2D eigenvalue weighted by molar-refractivity contribution is -0.115. The van der Waals surface area contributed by atoms with Crippen molar-refractivity contribution in [3.63, 3.8) is 0 Å². The fraction of sp³-hybridized carbons (Fsp3) is 0.409. The summed E-state index contributed by atoms with van der Waals surface area (Å²) in [5, 5.41) is 12.2. The number of carbonyl (C=O) groups excluding carboxylic acids is 1. The molecule has 1 aliphatic heterocycles. The predicted molar refractivity (Wildman–Crippen MR) is 116 cm³/mol. The first-order valence-corrected chi connectivity index (χ1v) is 11.4. The van der Waals surface area contributed by atoms with Crippen molar-refractivity contribution in [1.82, 2.24) is 14.8 Å². The molecule has 1 N–H and O–H groups in total. The fourth-order valence-corrected chi connectivity index (χ4v) is 4.95. The molecule has 1 fully saturated rings. The van der Waals surface area contributed by atoms with Gasteiger partial charge in [-0.25, -0.2) is 0 Å². The molecule has 0 unspecified atom stereocenters. The minimum absolute atomic E-state index is 0.110. The second-order valence-electron chi connectivity index (χ2n) is 7.76. The van der Waals surface area contributed by atoms with Crippen LogP contribution in [0.25, 0.3) is 11.6 Å². The van der Waals surface area contributed by atoms with E-state index in [-0.39, 0.29) is 18.0 Å². The first-order chi connectivity index (χ1) is 15.2. The number of nitrogens with zero attached hydrogens (tertiary/aromatic N) is 3. The number of thioether (sulfide) groups is 1. The van der Waals surface area contributed by atoms with Crippen LogP contribution in [0.4, 0.5) is 5.69 Å². The molecule has 0 radical (unpaired) electrons. The van der Waals surface area contributed by atoms with E-state index in [0.717, 1.165) is 23.8 Å². The molecule has 0 bridgehead atoms. The summed E-state index contributed by atoms with van der Waals surface area (Å²) in [7, 11) is 0. The molecule has 1 aromatic carbocycles. The number of rotatable bonds is 6. The van der Waals surface area contributed by atoms with E-state index in [4.69, 9.17) is 13.9 Å². The molecular weight excluding hydrogens is 416 g/mol. The third kappa shape index (κ3) is 4.14. The maximum Gasteiger partial charge on any atom is 0.237 e. The van der Waals surface area contributed by atoms with Gasteiger partial charge in [0.15, 0.2) is 22.4 Å². The van der Waals surface area contributed by atoms with Crippen molar-refractivity contribution in [2.24, 2.45) is 0 Å². The number of fused-ring (bicyclic) bond motifs is 1. The molecule has 2 aliphatic rings. The number of nitrogens with one attached hydrogen (secondary N) is 1. The van der Waals surface area contributed by atoms with E-state index in [1.165, 1.54) is 31.0 Å². The molecule has 1 aliphatic carbocycles. The van der Waals surface area contributed by atoms with Gasteiger partial charge in [-0.1, -0.05) is 31.0 Å². The minimum Gasteiger partial charge on any atom is -0.461 e. The van der Waals surface area contributed by atoms with Crippen LogP contribution in [0.2, 0.25) is 0 Å². The summed E-state index contributed by atoms with van der Waals surface area (Å²) in [4.78, 5) is 12.9. The van der Waals surface area contributed by atoms with Gasteiger partial charge >= 0.3 is 0 Å². The van der Waals surface area contributed by atoms with Crippen LogP contribution >= 0.6 is 11.8 Å². The highest BCUT2D eigenvalue weighted by atomic mass is 32.2. The van der Waals surface area contributed by atoms with Gasteiger partial charge in [0, 0.05) is 17.8 Å². The maximum absolute atomic E-state index is 12.9. The number of carbonyl (C=O) groups is 1. The zero-order valence-corrected chi connectivity index (χ0v) is 18.1. The SMILES string of the molecule is C[C@@H](Sc1nnc(-c2ccco2)n1C1CCCCC1)C(=O)Nc1ccc2c(c1)OCO2. The number of hydrogen-bond donors (Lipinski definition) is 1. The summed E-state index contributed by atoms with van der Waals surface area (Å²) in [5.74, 6) is 2.64. The van der Waals surface area contributed by atoms with Crippen LogP contribution in [-0.4, -0.2) is 32.7 Å². The van der Waals surface area contributed by atoms with Crippen molar-refractivity contribution in [2.75, 3.05) is 12.1 Å². The summed E-state index contributed by atoms with van der Waals surface area (Å²) in [6, 6.07) is 9.44. The molecule has 162 valence electrons. The molecular formula is C22H24N4O4S. The Kier molecular flexibility index (Phi) is 5.59. The Labute approximate surface area is 184 Å². The smallest absolute Gasteiger partial charge is 0.237 e. The zero-order chi connectivity index (χ0) is 21.2. The Morgan fingerprint density at radius 2 is 2.00 bits per heavy atom. The maximum atomic E-state index is 12.9. The van der Waals surface area contributed by atoms with E-state index in [1.807, 2.05) is 25.1 Å². The molecule has 1 amide bonds. The standard InChI is InChI=1S/C22H24N4O4S/c1-14(21(27)23-15-9-10-17-19(12-15)30-13-29-17)31-22-25-24-20(18-8-5-11-28-18)26(22)16-6-3-2-4-7-16/h5,8-12,14,16H,2-4,6-7,13H2,1H3,(H,23,27)/t14-/m1/s1. The predicted octanol–water partition coefficient (Wildman–Crippen LogP) is 4.89. The summed E-state index contributed by atoms with van der Waals surface area (Å²) in [6.45, 7) is 2.08. The van der Waals surface area contributed by atoms with Crippen LogP contribution in [0.3, 0.4) is 0 Å². The Morgan fingerprint density at radius 1 is 1.16 bits per heavy atom. The molecule has 5 rings (SSSR count). The highest BCUT2D eigenvalue weighted by Crippen LogP contribution is 2.37. The van der Waals surface area contributed by atoms with Crippen LogP contribution in [0.5, 0.6) is 11.5 Å². The number of anilines is 1. The molecule has 31 heavy (non-hydrogen) atoms. The van der Waals surface area contributed by atoms with Crippen molar-refractivity contribution in [3.05, 3.63) is 36.6 Å². The minimum atomic E-state index is -0.360. The van der Waals surface area contributed by atoms with Gasteiger partial charge in [0.05, 0.1) is 11.5 Å². The van der Waals surface area contributed by atoms with Gasteiger partial charge in [0.25, 0.3) is 0 Å². The number of benzene rings is 1. The summed E-state index contributed by atoms with van der Waals surface area (Å²) in [5.41, 5.74) is 0.673. The van der Waals surface area contributed by atoms with Gasteiger partial charge in [-0.2, -0.15) is 0 Å². The average molecular weight is 441 g/mol. The van der Waals surface area contributed by atoms with Crippen molar-refractivity contribution in [1.29, 1.82) is 0 Å². The topological polar surface area (TPSA) is 91.4 Å². The van der Waals surface area contributed by atoms with Crippen molar-refractivity contribution < 1.29 is 18.7 Å². The third-order valence-corrected chi connectivity index (χ3v) is 6.69. The number of ether oxygens (including phenoxy) is 2. The highest BCUT2D eigenvalue weighted by molar-refractivity contribution is 8.00. The number of amides is 1. The third-order valence-electron chi connectivity index (χ3n) is 5.64. The summed E-state index contributed by atoms with van der Waals surface area (Å²) < 4.78 is 18.5. The lowest BCUT2D eigenvalue weighted by Gasteiger charge is -2.25. The summed E-state index contributed by atoms with van der Waals surface area (Å²) in [6.07, 6.45) is 7.43. The molecule has 1 saturated carbocycles. The molecule has 3 aromatic rings. The Bertz CT molecular complexity index is 1060. The molecule has 0 saturated heterocycles. The first kappa shape index (κ1) is 20.0. The Balaban J connectivity index is 1.34. The van der Waals surface area contributed by atoms with Gasteiger partial charge in [0.1, 0.15) is 0 Å². The van der Waals surface area contributed by atoms with Crippen LogP contribution in [0, 0.1) is 0 Å². The van der Waals surface area contributed by atoms with Gasteiger partial charge < -0.3 is 19.2 Å². The zero-order valence-electron chi connectivity index (χ0n) is 17.2. The lowest BCUT2D eigenvalue weighted by atomic mass is 9.95. The second-order valence-corrected chi connectivity index (χ2v) is 9.07. The van der Waals surface area contributed by atoms with E-state index in [2.05, 4.69) is 20.1 Å². The van der Waals surface area contributed by atoms with Crippen LogP contribution in [0.1, 0.15) is 45.1 Å². The quantitative estimate of drug-likeness (QED) is 0.546. The molecule has 8 nitrogen and oxygen atoms in total. The van der Waals surface area contributed by atoms with Gasteiger partial charge in [-0.15, -0.1) is 10.2 Å². The van der Waals surface area contributed by atoms with E-state index in [0.29, 0.717) is 29.0 Å². The first-order valence-electron chi connectivity index (χ1n) is 10.5. The Morgan fingerprint density at radius 3 is 2.81 bits per heavy atom. The van der Waals surface area contributed by atoms with Crippen LogP contribution in [-0.2, 0) is 4.79 Å². The van der Waals surface area contributed by atoms with E-state index in [1.54, 1.807) is 18.4 Å². The molecule has 0 spiro atoms. The van der Waals surface area contributed by atoms with Crippen LogP contribution in [0.15, 0.2) is 46.2 Å².